The Morgan fingerprint density at radius 2 is 1.59 bits per heavy atom. The number of benzene rings is 3. The van der Waals surface area contributed by atoms with Crippen LogP contribution in [0.15, 0.2) is 64.2 Å². The maximum Gasteiger partial charge on any atom is 0.323 e. The number of hydrogen-bond acceptors (Lipinski definition) is 3. The zero-order valence-corrected chi connectivity index (χ0v) is 15.5. The largest absolute Gasteiger partial charge is 0.480 e. The second-order valence-corrected chi connectivity index (χ2v) is 7.24. The molecule has 5 rings (SSSR count). The van der Waals surface area contributed by atoms with Crippen molar-refractivity contribution in [1.29, 1.82) is 0 Å². The number of H-pyrrole nitrogens is 1. The van der Waals surface area contributed by atoms with Crippen LogP contribution in [0.2, 0.25) is 0 Å². The summed E-state index contributed by atoms with van der Waals surface area (Å²) in [4.78, 5) is 41.0. The van der Waals surface area contributed by atoms with Gasteiger partial charge in [-0.2, -0.15) is 0 Å². The van der Waals surface area contributed by atoms with Crippen molar-refractivity contribution in [2.75, 3.05) is 0 Å². The summed E-state index contributed by atoms with van der Waals surface area (Å²) < 4.78 is 1.59. The Bertz CT molecular complexity index is 1610. The number of aryl methyl sites for hydroxylation is 1. The van der Waals surface area contributed by atoms with E-state index in [-0.39, 0.29) is 17.4 Å². The van der Waals surface area contributed by atoms with E-state index in [9.17, 15) is 19.5 Å². The Hall–Kier alpha value is -3.93. The molecule has 0 aliphatic heterocycles. The van der Waals surface area contributed by atoms with E-state index in [1.165, 1.54) is 0 Å². The average molecular weight is 384 g/mol. The zero-order chi connectivity index (χ0) is 20.3. The first-order chi connectivity index (χ1) is 13.9. The van der Waals surface area contributed by atoms with E-state index >= 15 is 0 Å². The van der Waals surface area contributed by atoms with E-state index in [2.05, 4.69) is 4.98 Å². The number of carboxylic acid groups (broad SMARTS) is 1. The number of carboxylic acids is 1. The van der Waals surface area contributed by atoms with Crippen LogP contribution in [-0.2, 0) is 11.3 Å². The van der Waals surface area contributed by atoms with E-state index in [0.29, 0.717) is 43.6 Å². The van der Waals surface area contributed by atoms with Gasteiger partial charge in [0.1, 0.15) is 6.54 Å². The van der Waals surface area contributed by atoms with Crippen molar-refractivity contribution < 1.29 is 9.90 Å². The smallest absolute Gasteiger partial charge is 0.323 e. The van der Waals surface area contributed by atoms with Crippen molar-refractivity contribution in [2.45, 2.75) is 13.5 Å². The van der Waals surface area contributed by atoms with E-state index in [0.717, 1.165) is 5.56 Å². The lowest BCUT2D eigenvalue weighted by molar-refractivity contribution is -0.137. The van der Waals surface area contributed by atoms with Crippen LogP contribution in [0.3, 0.4) is 0 Å². The molecule has 0 aliphatic carbocycles. The topological polar surface area (TPSA) is 92.2 Å². The molecule has 6 nitrogen and oxygen atoms in total. The molecule has 0 spiro atoms. The van der Waals surface area contributed by atoms with Crippen molar-refractivity contribution in [3.63, 3.8) is 0 Å². The molecule has 5 aromatic rings. The van der Waals surface area contributed by atoms with Crippen LogP contribution in [0.1, 0.15) is 5.56 Å². The van der Waals surface area contributed by atoms with E-state index < -0.39 is 5.97 Å². The highest BCUT2D eigenvalue weighted by molar-refractivity contribution is 6.03. The molecule has 0 saturated carbocycles. The molecule has 2 heterocycles. The molecule has 0 fully saturated rings. The van der Waals surface area contributed by atoms with Crippen molar-refractivity contribution in [3.8, 4) is 0 Å². The number of nitrogens with zero attached hydrogens (tertiary/aromatic N) is 1. The number of rotatable bonds is 2. The van der Waals surface area contributed by atoms with Gasteiger partial charge in [0, 0.05) is 27.1 Å². The van der Waals surface area contributed by atoms with Crippen LogP contribution in [0.5, 0.6) is 0 Å². The lowest BCUT2D eigenvalue weighted by Gasteiger charge is -2.15. The molecule has 0 saturated heterocycles. The van der Waals surface area contributed by atoms with Crippen molar-refractivity contribution in [3.05, 3.63) is 80.6 Å². The fourth-order valence-electron chi connectivity index (χ4n) is 4.01. The van der Waals surface area contributed by atoms with Crippen LogP contribution in [0.4, 0.5) is 0 Å². The van der Waals surface area contributed by atoms with Gasteiger partial charge in [0.15, 0.2) is 10.9 Å². The highest BCUT2D eigenvalue weighted by Crippen LogP contribution is 2.24. The van der Waals surface area contributed by atoms with Crippen LogP contribution >= 0.6 is 0 Å². The molecule has 6 heteroatoms. The maximum atomic E-state index is 13.2. The predicted octanol–water partition coefficient (Wildman–Crippen LogP) is 3.54. The van der Waals surface area contributed by atoms with Crippen molar-refractivity contribution in [2.24, 2.45) is 0 Å². The summed E-state index contributed by atoms with van der Waals surface area (Å²) in [6, 6.07) is 15.8. The third-order valence-electron chi connectivity index (χ3n) is 5.34. The molecule has 3 aromatic carbocycles. The Labute approximate surface area is 163 Å². The summed E-state index contributed by atoms with van der Waals surface area (Å²) in [6.07, 6.45) is 0. The summed E-state index contributed by atoms with van der Waals surface area (Å²) in [5.41, 5.74) is 2.77. The summed E-state index contributed by atoms with van der Waals surface area (Å²) in [5, 5.41) is 11.3. The highest BCUT2D eigenvalue weighted by atomic mass is 16.4. The normalized spacial score (nSPS) is 11.6. The molecule has 0 bridgehead atoms. The fraction of sp³-hybridized carbons (Fsp3) is 0.0870. The van der Waals surface area contributed by atoms with Crippen LogP contribution in [0, 0.1) is 6.92 Å². The van der Waals surface area contributed by atoms with E-state index in [1.807, 2.05) is 25.1 Å². The average Bonchev–Trinajstić information content (AvgIpc) is 2.70. The zero-order valence-electron chi connectivity index (χ0n) is 15.5. The summed E-state index contributed by atoms with van der Waals surface area (Å²) in [5.74, 6) is -1.02. The predicted molar refractivity (Wildman–Crippen MR) is 114 cm³/mol. The number of nitrogens with one attached hydrogen (secondary N) is 1. The van der Waals surface area contributed by atoms with Gasteiger partial charge in [-0.15, -0.1) is 0 Å². The molecule has 0 aliphatic rings. The summed E-state index contributed by atoms with van der Waals surface area (Å²) in [6.45, 7) is 1.57. The number of hydrogen-bond donors (Lipinski definition) is 2. The van der Waals surface area contributed by atoms with Gasteiger partial charge >= 0.3 is 5.97 Å². The third kappa shape index (κ3) is 2.53. The molecule has 142 valence electrons. The van der Waals surface area contributed by atoms with Gasteiger partial charge in [-0.3, -0.25) is 14.4 Å². The second-order valence-electron chi connectivity index (χ2n) is 7.24. The van der Waals surface area contributed by atoms with Crippen LogP contribution in [0.25, 0.3) is 43.6 Å². The molecule has 0 radical (unpaired) electrons. The van der Waals surface area contributed by atoms with Gasteiger partial charge in [0.2, 0.25) is 0 Å². The van der Waals surface area contributed by atoms with Gasteiger partial charge in [0.25, 0.3) is 0 Å². The molecule has 2 aromatic heterocycles. The molecule has 0 unspecified atom stereocenters. The molecule has 0 atom stereocenters. The van der Waals surface area contributed by atoms with Crippen molar-refractivity contribution in [1.82, 2.24) is 9.55 Å². The third-order valence-corrected chi connectivity index (χ3v) is 5.34. The maximum absolute atomic E-state index is 13.2. The number of fused-ring (bicyclic) bond motifs is 4. The second kappa shape index (κ2) is 6.04. The molecule has 0 amide bonds. The number of aromatic nitrogens is 2. The first-order valence-electron chi connectivity index (χ1n) is 9.17. The monoisotopic (exact) mass is 384 g/mol. The highest BCUT2D eigenvalue weighted by Gasteiger charge is 2.16. The molecular weight excluding hydrogens is 368 g/mol. The first kappa shape index (κ1) is 17.2. The van der Waals surface area contributed by atoms with Crippen LogP contribution < -0.4 is 10.9 Å². The van der Waals surface area contributed by atoms with Crippen molar-refractivity contribution >= 4 is 49.6 Å². The number of para-hydroxylation sites is 1. The number of carbonyl (C=O) groups is 1. The Morgan fingerprint density at radius 1 is 0.862 bits per heavy atom. The fourth-order valence-corrected chi connectivity index (χ4v) is 4.01. The first-order valence-corrected chi connectivity index (χ1v) is 9.17. The minimum Gasteiger partial charge on any atom is -0.480 e. The van der Waals surface area contributed by atoms with Gasteiger partial charge < -0.3 is 14.7 Å². The minimum atomic E-state index is -1.02. The quantitative estimate of drug-likeness (QED) is 0.455. The Kier molecular flexibility index (Phi) is 3.58. The minimum absolute atomic E-state index is 0.158. The number of aliphatic carboxylic acids is 1. The number of pyridine rings is 2. The molecule has 29 heavy (non-hydrogen) atoms. The SMILES string of the molecule is Cc1ccc2c(c1)c(=O)c1cc3[nH]c4ccccc4c(=O)c3cc1n2CC(=O)O. The van der Waals surface area contributed by atoms with Gasteiger partial charge in [0.05, 0.1) is 16.6 Å². The Balaban J connectivity index is 2.04. The summed E-state index contributed by atoms with van der Waals surface area (Å²) >= 11 is 0. The molecule has 2 N–H and O–H groups in total. The van der Waals surface area contributed by atoms with Gasteiger partial charge in [-0.1, -0.05) is 23.8 Å². The summed E-state index contributed by atoms with van der Waals surface area (Å²) in [7, 11) is 0. The molecular formula is C23H16N2O4. The lowest BCUT2D eigenvalue weighted by atomic mass is 10.0. The Morgan fingerprint density at radius 3 is 2.38 bits per heavy atom. The number of aromatic amines is 1. The van der Waals surface area contributed by atoms with E-state index in [1.54, 1.807) is 41.0 Å². The standard InChI is InChI=1S/C23H16N2O4/c1-12-6-7-19-15(8-12)23(29)16-9-18-14(10-20(16)25(19)11-21(26)27)22(28)13-4-2-3-5-17(13)24-18/h2-10H,11H2,1H3,(H,24,28)(H,26,27). The lowest BCUT2D eigenvalue weighted by Crippen LogP contribution is -2.17. The van der Waals surface area contributed by atoms with Gasteiger partial charge in [-0.25, -0.2) is 0 Å². The van der Waals surface area contributed by atoms with Crippen LogP contribution in [-0.4, -0.2) is 20.6 Å². The van der Waals surface area contributed by atoms with E-state index in [4.69, 9.17) is 0 Å². The van der Waals surface area contributed by atoms with Gasteiger partial charge in [-0.05, 0) is 43.3 Å².